The summed E-state index contributed by atoms with van der Waals surface area (Å²) in [4.78, 5) is 4.56. The fourth-order valence-electron chi connectivity index (χ4n) is 2.17. The topological polar surface area (TPSA) is 24.9 Å². The van der Waals surface area contributed by atoms with Gasteiger partial charge in [0.2, 0.25) is 0 Å². The fraction of sp³-hybridized carbons (Fsp3) is 0.188. The maximum atomic E-state index is 13.7. The lowest BCUT2D eigenvalue weighted by Crippen LogP contribution is -2.18. The van der Waals surface area contributed by atoms with Crippen molar-refractivity contribution in [2.75, 3.05) is 0 Å². The predicted molar refractivity (Wildman–Crippen MR) is 81.3 cm³/mol. The third-order valence-electron chi connectivity index (χ3n) is 3.27. The van der Waals surface area contributed by atoms with E-state index in [0.717, 1.165) is 10.5 Å². The first-order valence-electron chi connectivity index (χ1n) is 6.56. The van der Waals surface area contributed by atoms with Gasteiger partial charge in [0, 0.05) is 18.2 Å². The maximum absolute atomic E-state index is 13.7. The van der Waals surface area contributed by atoms with Crippen molar-refractivity contribution >= 4 is 21.6 Å². The Morgan fingerprint density at radius 3 is 2.70 bits per heavy atom. The number of hydrogen-bond donors (Lipinski definition) is 1. The Morgan fingerprint density at radius 1 is 1.15 bits per heavy atom. The van der Waals surface area contributed by atoms with E-state index >= 15 is 0 Å². The number of aromatic nitrogens is 1. The third-order valence-corrected chi connectivity index (χ3v) is 4.31. The molecule has 0 radical (unpaired) electrons. The molecular formula is C16H15FN2S. The van der Waals surface area contributed by atoms with E-state index in [2.05, 4.69) is 16.4 Å². The predicted octanol–water partition coefficient (Wildman–Crippen LogP) is 4.29. The van der Waals surface area contributed by atoms with Gasteiger partial charge in [-0.1, -0.05) is 30.3 Å². The number of nitrogens with zero attached hydrogens (tertiary/aromatic N) is 1. The smallest absolute Gasteiger partial charge is 0.127 e. The first kappa shape index (κ1) is 13.2. The molecule has 1 unspecified atom stereocenters. The summed E-state index contributed by atoms with van der Waals surface area (Å²) in [5.74, 6) is -0.170. The van der Waals surface area contributed by atoms with Gasteiger partial charge in [-0.2, -0.15) is 0 Å². The van der Waals surface area contributed by atoms with Crippen LogP contribution in [0.1, 0.15) is 23.5 Å². The summed E-state index contributed by atoms with van der Waals surface area (Å²) < 4.78 is 14.9. The zero-order valence-electron chi connectivity index (χ0n) is 11.1. The van der Waals surface area contributed by atoms with Gasteiger partial charge in [-0.05, 0) is 25.1 Å². The molecule has 2 nitrogen and oxygen atoms in total. The van der Waals surface area contributed by atoms with E-state index in [4.69, 9.17) is 0 Å². The van der Waals surface area contributed by atoms with E-state index in [9.17, 15) is 4.39 Å². The number of fused-ring (bicyclic) bond motifs is 1. The average molecular weight is 286 g/mol. The highest BCUT2D eigenvalue weighted by Crippen LogP contribution is 2.22. The van der Waals surface area contributed by atoms with Crippen LogP contribution in [0.3, 0.4) is 0 Å². The minimum absolute atomic E-state index is 0.0387. The highest BCUT2D eigenvalue weighted by atomic mass is 32.1. The summed E-state index contributed by atoms with van der Waals surface area (Å²) in [7, 11) is 0. The molecule has 0 fully saturated rings. The molecule has 3 rings (SSSR count). The lowest BCUT2D eigenvalue weighted by atomic mass is 10.1. The Bertz CT molecular complexity index is 690. The minimum Gasteiger partial charge on any atom is -0.304 e. The van der Waals surface area contributed by atoms with Crippen LogP contribution in [0, 0.1) is 5.82 Å². The summed E-state index contributed by atoms with van der Waals surface area (Å²) in [5.41, 5.74) is 1.71. The van der Waals surface area contributed by atoms with Gasteiger partial charge in [0.1, 0.15) is 10.8 Å². The molecule has 102 valence electrons. The second kappa shape index (κ2) is 5.69. The molecule has 0 amide bonds. The van der Waals surface area contributed by atoms with E-state index < -0.39 is 0 Å². The Balaban J connectivity index is 1.71. The first-order valence-corrected chi connectivity index (χ1v) is 7.38. The van der Waals surface area contributed by atoms with Crippen molar-refractivity contribution in [2.45, 2.75) is 19.5 Å². The van der Waals surface area contributed by atoms with Gasteiger partial charge in [0.15, 0.2) is 0 Å². The Hall–Kier alpha value is -1.78. The van der Waals surface area contributed by atoms with Gasteiger partial charge in [0.25, 0.3) is 0 Å². The van der Waals surface area contributed by atoms with Gasteiger partial charge in [0.05, 0.1) is 10.2 Å². The molecule has 20 heavy (non-hydrogen) atoms. The molecule has 0 aliphatic rings. The Kier molecular flexibility index (Phi) is 3.76. The average Bonchev–Trinajstić information content (AvgIpc) is 2.88. The van der Waals surface area contributed by atoms with Gasteiger partial charge in [-0.25, -0.2) is 9.37 Å². The van der Waals surface area contributed by atoms with Gasteiger partial charge in [-0.3, -0.25) is 0 Å². The van der Waals surface area contributed by atoms with E-state index in [0.29, 0.717) is 12.1 Å². The first-order chi connectivity index (χ1) is 9.74. The quantitative estimate of drug-likeness (QED) is 0.774. The summed E-state index contributed by atoms with van der Waals surface area (Å²) in [6, 6.07) is 14.9. The molecule has 2 aromatic carbocycles. The summed E-state index contributed by atoms with van der Waals surface area (Å²) in [6.07, 6.45) is 0. The summed E-state index contributed by atoms with van der Waals surface area (Å²) in [6.45, 7) is 2.61. The van der Waals surface area contributed by atoms with Crippen LogP contribution in [-0.4, -0.2) is 4.98 Å². The lowest BCUT2D eigenvalue weighted by molar-refractivity contribution is 0.528. The summed E-state index contributed by atoms with van der Waals surface area (Å²) in [5, 5.41) is 4.35. The Labute approximate surface area is 121 Å². The molecule has 0 saturated heterocycles. The molecule has 1 atom stereocenters. The number of nitrogens with one attached hydrogen (secondary N) is 1. The molecule has 4 heteroatoms. The van der Waals surface area contributed by atoms with Crippen LogP contribution in [-0.2, 0) is 6.54 Å². The fourth-order valence-corrected chi connectivity index (χ4v) is 3.09. The van der Waals surface area contributed by atoms with Crippen LogP contribution in [0.2, 0.25) is 0 Å². The number of halogens is 1. The van der Waals surface area contributed by atoms with Crippen molar-refractivity contribution in [2.24, 2.45) is 0 Å². The molecule has 0 spiro atoms. The molecule has 0 bridgehead atoms. The van der Waals surface area contributed by atoms with Crippen LogP contribution >= 0.6 is 11.3 Å². The van der Waals surface area contributed by atoms with Crippen LogP contribution in [0.15, 0.2) is 48.5 Å². The third kappa shape index (κ3) is 2.71. The molecule has 0 saturated carbocycles. The standard InChI is InChI=1S/C16H15FN2S/c1-11(12-6-2-3-7-13(12)17)18-10-16-19-14-8-4-5-9-15(14)20-16/h2-9,11,18H,10H2,1H3. The highest BCUT2D eigenvalue weighted by Gasteiger charge is 2.10. The van der Waals surface area contributed by atoms with E-state index in [1.165, 1.54) is 10.8 Å². The van der Waals surface area contributed by atoms with Crippen LogP contribution < -0.4 is 5.32 Å². The molecular weight excluding hydrogens is 271 g/mol. The molecule has 3 aromatic rings. The van der Waals surface area contributed by atoms with Crippen LogP contribution in [0.5, 0.6) is 0 Å². The van der Waals surface area contributed by atoms with Crippen molar-refractivity contribution in [1.29, 1.82) is 0 Å². The van der Waals surface area contributed by atoms with Gasteiger partial charge in [-0.15, -0.1) is 11.3 Å². The molecule has 0 aliphatic carbocycles. The maximum Gasteiger partial charge on any atom is 0.127 e. The van der Waals surface area contributed by atoms with Crippen molar-refractivity contribution < 1.29 is 4.39 Å². The van der Waals surface area contributed by atoms with Crippen molar-refractivity contribution in [3.8, 4) is 0 Å². The van der Waals surface area contributed by atoms with Crippen molar-refractivity contribution in [3.05, 3.63) is 64.9 Å². The minimum atomic E-state index is -0.170. The zero-order valence-corrected chi connectivity index (χ0v) is 12.0. The highest BCUT2D eigenvalue weighted by molar-refractivity contribution is 7.18. The SMILES string of the molecule is CC(NCc1nc2ccccc2s1)c1ccccc1F. The molecule has 1 aromatic heterocycles. The number of thiazole rings is 1. The van der Waals surface area contributed by atoms with Gasteiger partial charge < -0.3 is 5.32 Å². The molecule has 0 aliphatic heterocycles. The number of benzene rings is 2. The zero-order chi connectivity index (χ0) is 13.9. The monoisotopic (exact) mass is 286 g/mol. The molecule has 1 N–H and O–H groups in total. The Morgan fingerprint density at radius 2 is 1.90 bits per heavy atom. The van der Waals surface area contributed by atoms with E-state index in [1.54, 1.807) is 17.4 Å². The second-order valence-electron chi connectivity index (χ2n) is 4.70. The van der Waals surface area contributed by atoms with Crippen LogP contribution in [0.25, 0.3) is 10.2 Å². The summed E-state index contributed by atoms with van der Waals surface area (Å²) >= 11 is 1.67. The normalized spacial score (nSPS) is 12.7. The van der Waals surface area contributed by atoms with E-state index in [-0.39, 0.29) is 11.9 Å². The van der Waals surface area contributed by atoms with Gasteiger partial charge >= 0.3 is 0 Å². The largest absolute Gasteiger partial charge is 0.304 e. The molecule has 1 heterocycles. The number of para-hydroxylation sites is 1. The van der Waals surface area contributed by atoms with Crippen LogP contribution in [0.4, 0.5) is 4.39 Å². The lowest BCUT2D eigenvalue weighted by Gasteiger charge is -2.13. The number of hydrogen-bond acceptors (Lipinski definition) is 3. The van der Waals surface area contributed by atoms with Crippen molar-refractivity contribution in [3.63, 3.8) is 0 Å². The van der Waals surface area contributed by atoms with Crippen molar-refractivity contribution in [1.82, 2.24) is 10.3 Å². The van der Waals surface area contributed by atoms with E-state index in [1.807, 2.05) is 37.3 Å². The number of rotatable bonds is 4. The second-order valence-corrected chi connectivity index (χ2v) is 5.81.